The smallest absolute Gasteiger partial charge is 0.119 e. The van der Waals surface area contributed by atoms with Gasteiger partial charge in [0.25, 0.3) is 0 Å². The van der Waals surface area contributed by atoms with E-state index in [1.54, 1.807) is 18.2 Å². The Hall–Kier alpha value is -0.930. The molecule has 21 heavy (non-hydrogen) atoms. The Kier molecular flexibility index (Phi) is 7.33. The van der Waals surface area contributed by atoms with Crippen molar-refractivity contribution in [1.82, 2.24) is 0 Å². The van der Waals surface area contributed by atoms with E-state index in [0.29, 0.717) is 10.7 Å². The van der Waals surface area contributed by atoms with Crippen molar-refractivity contribution < 1.29 is 25.5 Å². The first-order chi connectivity index (χ1) is 9.88. The zero-order valence-corrected chi connectivity index (χ0v) is 12.3. The topological polar surface area (TPSA) is 126 Å². The molecule has 0 aromatic heterocycles. The van der Waals surface area contributed by atoms with Gasteiger partial charge in [-0.3, -0.25) is 5.43 Å². The minimum absolute atomic E-state index is 0.238. The van der Waals surface area contributed by atoms with Crippen molar-refractivity contribution in [3.8, 4) is 0 Å². The van der Waals surface area contributed by atoms with Crippen LogP contribution in [0.15, 0.2) is 23.3 Å². The number of hydrogen-bond acceptors (Lipinski definition) is 7. The van der Waals surface area contributed by atoms with E-state index < -0.39 is 31.0 Å². The summed E-state index contributed by atoms with van der Waals surface area (Å²) in [6, 6.07) is 4.82. The molecule has 118 valence electrons. The highest BCUT2D eigenvalue weighted by atomic mass is 35.5. The first-order valence-corrected chi connectivity index (χ1v) is 6.70. The Morgan fingerprint density at radius 2 is 1.81 bits per heavy atom. The van der Waals surface area contributed by atoms with Crippen molar-refractivity contribution in [2.24, 2.45) is 5.10 Å². The molecule has 0 aliphatic carbocycles. The average molecular weight is 339 g/mol. The van der Waals surface area contributed by atoms with E-state index in [9.17, 15) is 15.3 Å². The van der Waals surface area contributed by atoms with Gasteiger partial charge in [-0.05, 0) is 12.1 Å². The molecular weight excluding hydrogens is 323 g/mol. The molecular formula is C12H16Cl2N2O5. The lowest BCUT2D eigenvalue weighted by molar-refractivity contribution is -0.0999. The number of nitrogens with zero attached hydrogens (tertiary/aromatic N) is 1. The lowest BCUT2D eigenvalue weighted by Gasteiger charge is -2.23. The van der Waals surface area contributed by atoms with Crippen molar-refractivity contribution in [1.29, 1.82) is 0 Å². The zero-order valence-electron chi connectivity index (χ0n) is 10.8. The highest BCUT2D eigenvalue weighted by Crippen LogP contribution is 2.29. The third-order valence-corrected chi connectivity index (χ3v) is 3.46. The van der Waals surface area contributed by atoms with Gasteiger partial charge in [0, 0.05) is 0 Å². The van der Waals surface area contributed by atoms with E-state index in [4.69, 9.17) is 33.4 Å². The minimum atomic E-state index is -1.72. The van der Waals surface area contributed by atoms with Gasteiger partial charge in [0.1, 0.15) is 24.4 Å². The molecule has 1 aromatic rings. The molecule has 0 radical (unpaired) electrons. The SMILES string of the molecule is OC[C@@H](O)[C@H](O)[C@H](O)[C@@H](O)C=NNc1cccc(Cl)c1Cl. The highest BCUT2D eigenvalue weighted by molar-refractivity contribution is 6.43. The molecule has 0 saturated carbocycles. The van der Waals surface area contributed by atoms with Gasteiger partial charge in [0.05, 0.1) is 28.6 Å². The summed E-state index contributed by atoms with van der Waals surface area (Å²) in [5, 5.41) is 50.5. The monoisotopic (exact) mass is 338 g/mol. The third kappa shape index (κ3) is 5.08. The molecule has 7 nitrogen and oxygen atoms in total. The van der Waals surface area contributed by atoms with Crippen LogP contribution in [0.2, 0.25) is 10.0 Å². The van der Waals surface area contributed by atoms with E-state index in [0.717, 1.165) is 6.21 Å². The Bertz CT molecular complexity index is 489. The highest BCUT2D eigenvalue weighted by Gasteiger charge is 2.29. The van der Waals surface area contributed by atoms with Gasteiger partial charge < -0.3 is 25.5 Å². The lowest BCUT2D eigenvalue weighted by Crippen LogP contribution is -2.46. The summed E-state index contributed by atoms with van der Waals surface area (Å²) >= 11 is 11.7. The van der Waals surface area contributed by atoms with E-state index >= 15 is 0 Å². The molecule has 9 heteroatoms. The number of nitrogens with one attached hydrogen (secondary N) is 1. The third-order valence-electron chi connectivity index (χ3n) is 2.64. The second-order valence-electron chi connectivity index (χ2n) is 4.21. The second kappa shape index (κ2) is 8.50. The predicted molar refractivity (Wildman–Crippen MR) is 79.7 cm³/mol. The maximum absolute atomic E-state index is 9.58. The minimum Gasteiger partial charge on any atom is -0.394 e. The fourth-order valence-corrected chi connectivity index (χ4v) is 1.74. The van der Waals surface area contributed by atoms with Crippen LogP contribution in [0.25, 0.3) is 0 Å². The zero-order chi connectivity index (χ0) is 16.0. The van der Waals surface area contributed by atoms with Crippen LogP contribution in [-0.4, -0.2) is 62.8 Å². The van der Waals surface area contributed by atoms with Gasteiger partial charge in [-0.15, -0.1) is 0 Å². The van der Waals surface area contributed by atoms with Gasteiger partial charge in [-0.25, -0.2) is 0 Å². The number of benzene rings is 1. The van der Waals surface area contributed by atoms with E-state index in [2.05, 4.69) is 10.5 Å². The number of anilines is 1. The van der Waals surface area contributed by atoms with Crippen LogP contribution in [0.5, 0.6) is 0 Å². The number of aliphatic hydroxyl groups is 5. The molecule has 0 fully saturated rings. The molecule has 0 saturated heterocycles. The molecule has 0 unspecified atom stereocenters. The van der Waals surface area contributed by atoms with Crippen LogP contribution in [0.4, 0.5) is 5.69 Å². The Balaban J connectivity index is 2.62. The van der Waals surface area contributed by atoms with E-state index in [-0.39, 0.29) is 5.02 Å². The van der Waals surface area contributed by atoms with Crippen LogP contribution in [0, 0.1) is 0 Å². The lowest BCUT2D eigenvalue weighted by atomic mass is 10.0. The summed E-state index contributed by atoms with van der Waals surface area (Å²) in [5.41, 5.74) is 2.90. The normalized spacial score (nSPS) is 17.5. The van der Waals surface area contributed by atoms with Crippen LogP contribution in [-0.2, 0) is 0 Å². The van der Waals surface area contributed by atoms with Crippen molar-refractivity contribution in [2.45, 2.75) is 24.4 Å². The first-order valence-electron chi connectivity index (χ1n) is 5.94. The molecule has 0 aliphatic heterocycles. The second-order valence-corrected chi connectivity index (χ2v) is 5.00. The van der Waals surface area contributed by atoms with Crippen molar-refractivity contribution >= 4 is 35.1 Å². The molecule has 6 N–H and O–H groups in total. The molecule has 1 aromatic carbocycles. The number of hydrazone groups is 1. The predicted octanol–water partition coefficient (Wildman–Crippen LogP) is -0.173. The van der Waals surface area contributed by atoms with Crippen LogP contribution < -0.4 is 5.43 Å². The first kappa shape index (κ1) is 18.1. The number of halogens is 2. The molecule has 0 spiro atoms. The molecule has 0 heterocycles. The molecule has 0 bridgehead atoms. The van der Waals surface area contributed by atoms with E-state index in [1.807, 2.05) is 0 Å². The van der Waals surface area contributed by atoms with Crippen molar-refractivity contribution in [3.63, 3.8) is 0 Å². The standard InChI is InChI=1S/C12H16Cl2N2O5/c13-6-2-1-3-7(10(6)14)16-15-4-8(18)11(20)12(21)9(19)5-17/h1-4,8-9,11-12,16-21H,5H2/t8-,9+,11+,12-/m0/s1. The Labute approximate surface area is 131 Å². The Morgan fingerprint density at radius 3 is 2.43 bits per heavy atom. The summed E-state index contributed by atoms with van der Waals surface area (Å²) < 4.78 is 0. The number of rotatable bonds is 7. The summed E-state index contributed by atoms with van der Waals surface area (Å²) in [6.45, 7) is -0.752. The maximum atomic E-state index is 9.58. The van der Waals surface area contributed by atoms with Crippen molar-refractivity contribution in [3.05, 3.63) is 28.2 Å². The van der Waals surface area contributed by atoms with Gasteiger partial charge in [-0.1, -0.05) is 29.3 Å². The van der Waals surface area contributed by atoms with Crippen LogP contribution in [0.1, 0.15) is 0 Å². The van der Waals surface area contributed by atoms with Gasteiger partial charge >= 0.3 is 0 Å². The summed E-state index contributed by atoms with van der Waals surface area (Å²) in [4.78, 5) is 0. The van der Waals surface area contributed by atoms with Crippen LogP contribution in [0.3, 0.4) is 0 Å². The molecule has 1 rings (SSSR count). The fourth-order valence-electron chi connectivity index (χ4n) is 1.40. The summed E-state index contributed by atoms with van der Waals surface area (Å²) in [6.07, 6.45) is -5.65. The summed E-state index contributed by atoms with van der Waals surface area (Å²) in [7, 11) is 0. The quantitative estimate of drug-likeness (QED) is 0.303. The van der Waals surface area contributed by atoms with Crippen LogP contribution >= 0.6 is 23.2 Å². The largest absolute Gasteiger partial charge is 0.394 e. The van der Waals surface area contributed by atoms with Gasteiger partial charge in [-0.2, -0.15) is 5.10 Å². The Morgan fingerprint density at radius 1 is 1.14 bits per heavy atom. The van der Waals surface area contributed by atoms with Crippen molar-refractivity contribution in [2.75, 3.05) is 12.0 Å². The number of hydrogen-bond donors (Lipinski definition) is 6. The average Bonchev–Trinajstić information content (AvgIpc) is 2.48. The van der Waals surface area contributed by atoms with Gasteiger partial charge in [0.15, 0.2) is 0 Å². The summed E-state index contributed by atoms with van der Waals surface area (Å²) in [5.74, 6) is 0. The maximum Gasteiger partial charge on any atom is 0.119 e. The molecule has 0 aliphatic rings. The fraction of sp³-hybridized carbons (Fsp3) is 0.417. The number of aliphatic hydroxyl groups excluding tert-OH is 5. The molecule has 4 atom stereocenters. The van der Waals surface area contributed by atoms with E-state index in [1.165, 1.54) is 0 Å². The molecule has 0 amide bonds. The van der Waals surface area contributed by atoms with Gasteiger partial charge in [0.2, 0.25) is 0 Å².